The van der Waals surface area contributed by atoms with Crippen LogP contribution in [0.2, 0.25) is 0 Å². The maximum atomic E-state index is 8.32. The Kier molecular flexibility index (Phi) is 3.43. The molecule has 0 aromatic heterocycles. The molecule has 0 bridgehead atoms. The molecule has 2 rings (SSSR count). The third-order valence-electron chi connectivity index (χ3n) is 3.05. The lowest BCUT2D eigenvalue weighted by molar-refractivity contribution is 1.00. The highest BCUT2D eigenvalue weighted by molar-refractivity contribution is 6.14. The Morgan fingerprint density at radius 2 is 2.18 bits per heavy atom. The first-order chi connectivity index (χ1) is 8.22. The van der Waals surface area contributed by atoms with Crippen LogP contribution in [0.4, 0.5) is 5.69 Å². The van der Waals surface area contributed by atoms with Gasteiger partial charge in [0.1, 0.15) is 0 Å². The lowest BCUT2D eigenvalue weighted by Gasteiger charge is -2.15. The molecule has 88 valence electrons. The van der Waals surface area contributed by atoms with E-state index in [1.165, 1.54) is 5.56 Å². The smallest absolute Gasteiger partial charge is 0.0665 e. The van der Waals surface area contributed by atoms with Crippen molar-refractivity contribution in [3.05, 3.63) is 53.1 Å². The largest absolute Gasteiger partial charge is 0.388 e. The van der Waals surface area contributed by atoms with Gasteiger partial charge in [0.2, 0.25) is 0 Å². The summed E-state index contributed by atoms with van der Waals surface area (Å²) in [5.74, 6) is 0. The Hall–Kier alpha value is -1.83. The Bertz CT molecular complexity index is 496. The molecule has 2 heteroatoms. The molecule has 0 saturated heterocycles. The number of aryl methyl sites for hydroxylation is 1. The minimum atomic E-state index is 0.641. The van der Waals surface area contributed by atoms with Gasteiger partial charge in [-0.15, -0.1) is 0 Å². The van der Waals surface area contributed by atoms with Gasteiger partial charge >= 0.3 is 0 Å². The number of hydrogen-bond acceptors (Lipinski definition) is 2. The van der Waals surface area contributed by atoms with Crippen molar-refractivity contribution in [2.75, 3.05) is 12.4 Å². The molecule has 0 unspecified atom stereocenters. The standard InChI is InChI=1S/C15H18N2/c1-11-8-9-14(17-2)13(10-11)15(16)12-6-4-3-5-7-12/h3-4,6,8-10,16-17H,5,7H2,1-2H3. The molecule has 17 heavy (non-hydrogen) atoms. The van der Waals surface area contributed by atoms with Gasteiger partial charge in [-0.2, -0.15) is 0 Å². The van der Waals surface area contributed by atoms with E-state index in [0.717, 1.165) is 29.7 Å². The van der Waals surface area contributed by atoms with Gasteiger partial charge in [-0.25, -0.2) is 0 Å². The fourth-order valence-corrected chi connectivity index (χ4v) is 2.07. The van der Waals surface area contributed by atoms with E-state index in [1.807, 2.05) is 25.3 Å². The third kappa shape index (κ3) is 2.47. The summed E-state index contributed by atoms with van der Waals surface area (Å²) in [5.41, 5.74) is 4.97. The van der Waals surface area contributed by atoms with Crippen LogP contribution in [0.5, 0.6) is 0 Å². The lowest BCUT2D eigenvalue weighted by Crippen LogP contribution is -2.08. The van der Waals surface area contributed by atoms with Gasteiger partial charge in [-0.1, -0.05) is 29.9 Å². The Morgan fingerprint density at radius 1 is 1.35 bits per heavy atom. The van der Waals surface area contributed by atoms with Crippen LogP contribution in [0.3, 0.4) is 0 Å². The second kappa shape index (κ2) is 5.00. The lowest BCUT2D eigenvalue weighted by atomic mass is 9.93. The molecule has 1 aliphatic rings. The highest BCUT2D eigenvalue weighted by Gasteiger charge is 2.12. The number of nitrogens with one attached hydrogen (secondary N) is 2. The van der Waals surface area contributed by atoms with E-state index in [1.54, 1.807) is 0 Å². The van der Waals surface area contributed by atoms with Crippen molar-refractivity contribution >= 4 is 11.4 Å². The molecule has 0 atom stereocenters. The normalized spacial score (nSPS) is 14.4. The van der Waals surface area contributed by atoms with Crippen LogP contribution in [0.15, 0.2) is 42.0 Å². The Morgan fingerprint density at radius 3 is 2.82 bits per heavy atom. The minimum Gasteiger partial charge on any atom is -0.388 e. The van der Waals surface area contributed by atoms with Crippen molar-refractivity contribution in [2.24, 2.45) is 0 Å². The van der Waals surface area contributed by atoms with E-state index in [0.29, 0.717) is 5.71 Å². The fourth-order valence-electron chi connectivity index (χ4n) is 2.07. The summed E-state index contributed by atoms with van der Waals surface area (Å²) >= 11 is 0. The first-order valence-electron chi connectivity index (χ1n) is 5.96. The van der Waals surface area contributed by atoms with Crippen molar-refractivity contribution in [2.45, 2.75) is 19.8 Å². The maximum Gasteiger partial charge on any atom is 0.0665 e. The topological polar surface area (TPSA) is 35.9 Å². The van der Waals surface area contributed by atoms with Crippen molar-refractivity contribution in [1.82, 2.24) is 0 Å². The van der Waals surface area contributed by atoms with Crippen molar-refractivity contribution < 1.29 is 0 Å². The van der Waals surface area contributed by atoms with Crippen LogP contribution in [-0.2, 0) is 0 Å². The fraction of sp³-hybridized carbons (Fsp3) is 0.267. The highest BCUT2D eigenvalue weighted by Crippen LogP contribution is 2.23. The summed E-state index contributed by atoms with van der Waals surface area (Å²) in [7, 11) is 1.90. The Labute approximate surface area is 103 Å². The molecule has 0 radical (unpaired) electrons. The van der Waals surface area contributed by atoms with Crippen molar-refractivity contribution in [3.8, 4) is 0 Å². The van der Waals surface area contributed by atoms with E-state index in [4.69, 9.17) is 5.41 Å². The molecule has 0 fully saturated rings. The zero-order valence-corrected chi connectivity index (χ0v) is 10.4. The van der Waals surface area contributed by atoms with Crippen LogP contribution >= 0.6 is 0 Å². The van der Waals surface area contributed by atoms with Crippen LogP contribution in [0, 0.1) is 12.3 Å². The van der Waals surface area contributed by atoms with Gasteiger partial charge in [0.15, 0.2) is 0 Å². The average Bonchev–Trinajstić information content (AvgIpc) is 2.39. The molecule has 1 aromatic rings. The van der Waals surface area contributed by atoms with Gasteiger partial charge in [-0.3, -0.25) is 5.41 Å². The van der Waals surface area contributed by atoms with Gasteiger partial charge in [-0.05, 0) is 37.5 Å². The SMILES string of the molecule is CNc1ccc(C)cc1C(=N)C1=CC=CCC1. The average molecular weight is 226 g/mol. The second-order valence-electron chi connectivity index (χ2n) is 4.33. The molecule has 1 aliphatic carbocycles. The second-order valence-corrected chi connectivity index (χ2v) is 4.33. The quantitative estimate of drug-likeness (QED) is 0.758. The van der Waals surface area contributed by atoms with Crippen LogP contribution < -0.4 is 5.32 Å². The summed E-state index contributed by atoms with van der Waals surface area (Å²) in [4.78, 5) is 0. The van der Waals surface area contributed by atoms with Crippen LogP contribution in [-0.4, -0.2) is 12.8 Å². The summed E-state index contributed by atoms with van der Waals surface area (Å²) in [5, 5.41) is 11.5. The van der Waals surface area contributed by atoms with Crippen LogP contribution in [0.1, 0.15) is 24.0 Å². The predicted octanol–water partition coefficient (Wildman–Crippen LogP) is 3.68. The maximum absolute atomic E-state index is 8.32. The highest BCUT2D eigenvalue weighted by atomic mass is 14.8. The summed E-state index contributed by atoms with van der Waals surface area (Å²) < 4.78 is 0. The summed E-state index contributed by atoms with van der Waals surface area (Å²) in [6.07, 6.45) is 8.24. The minimum absolute atomic E-state index is 0.641. The van der Waals surface area contributed by atoms with E-state index in [9.17, 15) is 0 Å². The van der Waals surface area contributed by atoms with Gasteiger partial charge in [0, 0.05) is 18.3 Å². The van der Waals surface area contributed by atoms with Gasteiger partial charge < -0.3 is 5.32 Å². The molecule has 0 spiro atoms. The predicted molar refractivity (Wildman–Crippen MR) is 74.0 cm³/mol. The number of anilines is 1. The summed E-state index contributed by atoms with van der Waals surface area (Å²) in [6.45, 7) is 2.06. The number of allylic oxidation sites excluding steroid dienone is 4. The molecule has 2 N–H and O–H groups in total. The molecule has 0 heterocycles. The zero-order chi connectivity index (χ0) is 12.3. The Balaban J connectivity index is 2.39. The molecular weight excluding hydrogens is 208 g/mol. The van der Waals surface area contributed by atoms with E-state index < -0.39 is 0 Å². The molecule has 2 nitrogen and oxygen atoms in total. The number of rotatable bonds is 3. The monoisotopic (exact) mass is 226 g/mol. The van der Waals surface area contributed by atoms with Gasteiger partial charge in [0.25, 0.3) is 0 Å². The van der Waals surface area contributed by atoms with E-state index >= 15 is 0 Å². The van der Waals surface area contributed by atoms with Crippen LogP contribution in [0.25, 0.3) is 0 Å². The number of hydrogen-bond donors (Lipinski definition) is 2. The van der Waals surface area contributed by atoms with E-state index in [-0.39, 0.29) is 0 Å². The molecular formula is C15H18N2. The number of benzene rings is 1. The summed E-state index contributed by atoms with van der Waals surface area (Å²) in [6, 6.07) is 6.18. The van der Waals surface area contributed by atoms with Gasteiger partial charge in [0.05, 0.1) is 5.71 Å². The molecule has 0 aliphatic heterocycles. The molecule has 0 saturated carbocycles. The van der Waals surface area contributed by atoms with Crippen molar-refractivity contribution in [1.29, 1.82) is 5.41 Å². The van der Waals surface area contributed by atoms with Crippen molar-refractivity contribution in [3.63, 3.8) is 0 Å². The first-order valence-corrected chi connectivity index (χ1v) is 5.96. The van der Waals surface area contributed by atoms with E-state index in [2.05, 4.69) is 30.4 Å². The first kappa shape index (κ1) is 11.6. The third-order valence-corrected chi connectivity index (χ3v) is 3.05. The zero-order valence-electron chi connectivity index (χ0n) is 10.4. The molecule has 0 amide bonds. The molecule has 1 aromatic carbocycles.